The van der Waals surface area contributed by atoms with Gasteiger partial charge in [-0.15, -0.1) is 0 Å². The Morgan fingerprint density at radius 3 is 2.79 bits per heavy atom. The highest BCUT2D eigenvalue weighted by atomic mass is 16.4. The van der Waals surface area contributed by atoms with Crippen molar-refractivity contribution in [3.63, 3.8) is 0 Å². The van der Waals surface area contributed by atoms with Gasteiger partial charge >= 0.3 is 0 Å². The number of carbonyl (C=O) groups excluding carboxylic acids is 1. The average Bonchev–Trinajstić information content (AvgIpc) is 3.42. The zero-order valence-electron chi connectivity index (χ0n) is 18.9. The van der Waals surface area contributed by atoms with E-state index in [0.717, 1.165) is 28.6 Å². The molecule has 8 nitrogen and oxygen atoms in total. The number of pyridine rings is 1. The molecule has 170 valence electrons. The summed E-state index contributed by atoms with van der Waals surface area (Å²) in [5.74, 6) is 1.61. The van der Waals surface area contributed by atoms with Crippen LogP contribution >= 0.6 is 0 Å². The predicted octanol–water partition coefficient (Wildman–Crippen LogP) is 4.24. The summed E-state index contributed by atoms with van der Waals surface area (Å²) in [5.41, 5.74) is 5.79. The summed E-state index contributed by atoms with van der Waals surface area (Å²) >= 11 is 0. The summed E-state index contributed by atoms with van der Waals surface area (Å²) in [6, 6.07) is 18.1. The topological polar surface area (TPSA) is 97.9 Å². The summed E-state index contributed by atoms with van der Waals surface area (Å²) in [5, 5.41) is 6.16. The maximum atomic E-state index is 12.7. The normalized spacial score (nSPS) is 17.2. The lowest BCUT2D eigenvalue weighted by atomic mass is 10.1. The van der Waals surface area contributed by atoms with Gasteiger partial charge in [0.15, 0.2) is 11.3 Å². The highest BCUT2D eigenvalue weighted by Crippen LogP contribution is 2.47. The van der Waals surface area contributed by atoms with Crippen LogP contribution in [0, 0.1) is 5.92 Å². The molecule has 8 heteroatoms. The number of hydrogen-bond donors (Lipinski definition) is 2. The van der Waals surface area contributed by atoms with Gasteiger partial charge in [-0.05, 0) is 35.6 Å². The van der Waals surface area contributed by atoms with E-state index in [0.29, 0.717) is 35.4 Å². The van der Waals surface area contributed by atoms with Gasteiger partial charge < -0.3 is 19.6 Å². The van der Waals surface area contributed by atoms with Crippen molar-refractivity contribution in [2.24, 2.45) is 13.0 Å². The van der Waals surface area contributed by atoms with Crippen LogP contribution in [0.25, 0.3) is 33.7 Å². The minimum Gasteiger partial charge on any atom is -0.418 e. The monoisotopic (exact) mass is 452 g/mol. The first-order valence-corrected chi connectivity index (χ1v) is 11.3. The van der Waals surface area contributed by atoms with E-state index < -0.39 is 0 Å². The van der Waals surface area contributed by atoms with Gasteiger partial charge in [-0.3, -0.25) is 4.79 Å². The Kier molecular flexibility index (Phi) is 4.79. The lowest BCUT2D eigenvalue weighted by molar-refractivity contribution is -0.122. The fourth-order valence-electron chi connectivity index (χ4n) is 4.57. The summed E-state index contributed by atoms with van der Waals surface area (Å²) in [4.78, 5) is 26.4. The van der Waals surface area contributed by atoms with Gasteiger partial charge in [-0.25, -0.2) is 9.97 Å². The number of imidazole rings is 1. The second-order valence-corrected chi connectivity index (χ2v) is 8.71. The first-order chi connectivity index (χ1) is 16.6. The number of nitrogens with zero attached hydrogens (tertiary/aromatic N) is 4. The molecule has 2 atom stereocenters. The molecule has 0 unspecified atom stereocenters. The minimum atomic E-state index is 0.0522. The van der Waals surface area contributed by atoms with Crippen molar-refractivity contribution in [2.75, 3.05) is 12.4 Å². The van der Waals surface area contributed by atoms with Gasteiger partial charge in [0, 0.05) is 32.1 Å². The first kappa shape index (κ1) is 20.4. The van der Waals surface area contributed by atoms with Crippen molar-refractivity contribution >= 4 is 34.0 Å². The number of carbonyl (C=O) groups is 1. The van der Waals surface area contributed by atoms with E-state index in [9.17, 15) is 4.79 Å². The molecule has 5 aromatic rings. The molecule has 1 aliphatic carbocycles. The molecule has 1 fully saturated rings. The number of aromatic nitrogens is 4. The number of rotatable bonds is 6. The van der Waals surface area contributed by atoms with Crippen molar-refractivity contribution in [1.82, 2.24) is 24.8 Å². The molecule has 3 aromatic heterocycles. The Morgan fingerprint density at radius 1 is 1.12 bits per heavy atom. The van der Waals surface area contributed by atoms with Crippen LogP contribution in [0.5, 0.6) is 0 Å². The first-order valence-electron chi connectivity index (χ1n) is 11.3. The van der Waals surface area contributed by atoms with E-state index in [4.69, 9.17) is 9.40 Å². The summed E-state index contributed by atoms with van der Waals surface area (Å²) in [7, 11) is 3.73. The summed E-state index contributed by atoms with van der Waals surface area (Å²) in [6.45, 7) is 0.457. The third-order valence-corrected chi connectivity index (χ3v) is 6.44. The van der Waals surface area contributed by atoms with Crippen molar-refractivity contribution < 1.29 is 9.21 Å². The van der Waals surface area contributed by atoms with Crippen LogP contribution in [0.3, 0.4) is 0 Å². The molecule has 6 rings (SSSR count). The smallest absolute Gasteiger partial charge is 0.251 e. The van der Waals surface area contributed by atoms with E-state index in [2.05, 4.69) is 32.7 Å². The fraction of sp³-hybridized carbons (Fsp3) is 0.231. The third kappa shape index (κ3) is 3.48. The number of aryl methyl sites for hydroxylation is 1. The predicted molar refractivity (Wildman–Crippen MR) is 130 cm³/mol. The lowest BCUT2D eigenvalue weighted by Gasteiger charge is -2.06. The van der Waals surface area contributed by atoms with Gasteiger partial charge in [0.05, 0.1) is 6.33 Å². The molecule has 0 aliphatic heterocycles. The average molecular weight is 453 g/mol. The molecule has 0 spiro atoms. The molecule has 1 saturated carbocycles. The zero-order chi connectivity index (χ0) is 23.2. The van der Waals surface area contributed by atoms with Crippen molar-refractivity contribution in [3.05, 3.63) is 72.1 Å². The molecule has 3 heterocycles. The SMILES string of the molecule is CNc1nc2oc(-c3cccc(CNC(=O)[C@@H]4C[C@H]4c4ccccc4)c3)nc2c2c1ncn2C. The van der Waals surface area contributed by atoms with Crippen LogP contribution in [0.1, 0.15) is 23.5 Å². The van der Waals surface area contributed by atoms with Crippen LogP contribution in [-0.4, -0.2) is 32.5 Å². The van der Waals surface area contributed by atoms with Crippen LogP contribution in [0.15, 0.2) is 65.3 Å². The number of fused-ring (bicyclic) bond motifs is 3. The largest absolute Gasteiger partial charge is 0.418 e. The molecular weight excluding hydrogens is 428 g/mol. The molecule has 0 radical (unpaired) electrons. The zero-order valence-corrected chi connectivity index (χ0v) is 18.9. The quantitative estimate of drug-likeness (QED) is 0.400. The van der Waals surface area contributed by atoms with Gasteiger partial charge in [-0.1, -0.05) is 42.5 Å². The van der Waals surface area contributed by atoms with E-state index >= 15 is 0 Å². The molecule has 34 heavy (non-hydrogen) atoms. The number of benzene rings is 2. The Bertz CT molecular complexity index is 1520. The van der Waals surface area contributed by atoms with Crippen molar-refractivity contribution in [3.8, 4) is 11.5 Å². The second kappa shape index (κ2) is 7.98. The van der Waals surface area contributed by atoms with Gasteiger partial charge in [0.2, 0.25) is 11.8 Å². The van der Waals surface area contributed by atoms with Crippen molar-refractivity contribution in [1.29, 1.82) is 0 Å². The van der Waals surface area contributed by atoms with E-state index in [1.165, 1.54) is 5.56 Å². The molecule has 0 saturated heterocycles. The summed E-state index contributed by atoms with van der Waals surface area (Å²) < 4.78 is 7.95. The number of hydrogen-bond acceptors (Lipinski definition) is 6. The number of oxazole rings is 1. The number of nitrogens with one attached hydrogen (secondary N) is 2. The van der Waals surface area contributed by atoms with E-state index in [1.54, 1.807) is 13.4 Å². The maximum absolute atomic E-state index is 12.7. The third-order valence-electron chi connectivity index (χ3n) is 6.44. The highest BCUT2D eigenvalue weighted by molar-refractivity contribution is 6.03. The Labute approximate surface area is 196 Å². The molecule has 2 aromatic carbocycles. The van der Waals surface area contributed by atoms with Crippen LogP contribution in [0.2, 0.25) is 0 Å². The number of amides is 1. The highest BCUT2D eigenvalue weighted by Gasteiger charge is 2.43. The summed E-state index contributed by atoms with van der Waals surface area (Å²) in [6.07, 6.45) is 2.65. The minimum absolute atomic E-state index is 0.0522. The molecular formula is C26H24N6O2. The van der Waals surface area contributed by atoms with Crippen LogP contribution in [-0.2, 0) is 18.4 Å². The molecule has 0 bridgehead atoms. The Hall–Kier alpha value is -4.20. The Balaban J connectivity index is 1.22. The number of anilines is 1. The second-order valence-electron chi connectivity index (χ2n) is 8.71. The van der Waals surface area contributed by atoms with Crippen LogP contribution < -0.4 is 10.6 Å². The van der Waals surface area contributed by atoms with Gasteiger partial charge in [0.1, 0.15) is 11.0 Å². The van der Waals surface area contributed by atoms with Crippen LogP contribution in [0.4, 0.5) is 5.82 Å². The Morgan fingerprint density at radius 2 is 1.97 bits per heavy atom. The molecule has 1 amide bonds. The van der Waals surface area contributed by atoms with Gasteiger partial charge in [0.25, 0.3) is 5.71 Å². The molecule has 1 aliphatic rings. The van der Waals surface area contributed by atoms with E-state index in [1.807, 2.05) is 54.1 Å². The van der Waals surface area contributed by atoms with Crippen molar-refractivity contribution in [2.45, 2.75) is 18.9 Å². The lowest BCUT2D eigenvalue weighted by Crippen LogP contribution is -2.24. The maximum Gasteiger partial charge on any atom is 0.251 e. The van der Waals surface area contributed by atoms with Gasteiger partial charge in [-0.2, -0.15) is 4.98 Å². The fourth-order valence-corrected chi connectivity index (χ4v) is 4.57. The standard InChI is InChI=1S/C26H24N6O2/c1-27-23-20-22(32(2)14-29-20)21-26(31-23)34-25(30-21)17-10-6-7-15(11-17)13-28-24(33)19-12-18(19)16-8-4-3-5-9-16/h3-11,14,18-19H,12-13H2,1-2H3,(H,27,31)(H,28,33)/t18-,19+/m0/s1. The molecule has 2 N–H and O–H groups in total. The van der Waals surface area contributed by atoms with E-state index in [-0.39, 0.29) is 11.8 Å².